The second-order valence-electron chi connectivity index (χ2n) is 3.41. The van der Waals surface area contributed by atoms with Crippen molar-refractivity contribution < 1.29 is 18.9 Å². The van der Waals surface area contributed by atoms with Gasteiger partial charge in [-0.15, -0.1) is 0 Å². The van der Waals surface area contributed by atoms with E-state index in [1.807, 2.05) is 0 Å². The topological polar surface area (TPSA) is 0 Å². The van der Waals surface area contributed by atoms with Crippen molar-refractivity contribution in [2.75, 3.05) is 0 Å². The summed E-state index contributed by atoms with van der Waals surface area (Å²) in [6.07, 6.45) is 15.6. The Hall–Kier alpha value is 0.0774. The van der Waals surface area contributed by atoms with Crippen LogP contribution in [0.15, 0.2) is 25.3 Å². The molecule has 1 rings (SSSR count). The molecule has 84 valence electrons. The van der Waals surface area contributed by atoms with Crippen molar-refractivity contribution in [2.24, 2.45) is 0 Å². The zero-order chi connectivity index (χ0) is 11.1. The zero-order valence-electron chi connectivity index (χ0n) is 11.1. The van der Waals surface area contributed by atoms with Gasteiger partial charge in [-0.05, 0) is 0 Å². The van der Waals surface area contributed by atoms with Crippen LogP contribution in [0, 0.1) is 6.42 Å². The Morgan fingerprint density at radius 3 is 1.20 bits per heavy atom. The Labute approximate surface area is 109 Å². The van der Waals surface area contributed by atoms with Gasteiger partial charge in [0.15, 0.2) is 0 Å². The summed E-state index contributed by atoms with van der Waals surface area (Å²) < 4.78 is 0. The van der Waals surface area contributed by atoms with E-state index in [9.17, 15) is 0 Å². The maximum atomic E-state index is 3.36. The molecule has 0 aromatic carbocycles. The zero-order valence-corrected chi connectivity index (χ0v) is 11.1. The van der Waals surface area contributed by atoms with Crippen LogP contribution in [-0.4, -0.2) is 0 Å². The molecule has 0 aromatic heterocycles. The molecule has 1 saturated carbocycles. The predicted molar refractivity (Wildman–Crippen MR) is 68.4 cm³/mol. The van der Waals surface area contributed by atoms with E-state index in [0.717, 1.165) is 0 Å². The Balaban J connectivity index is -0.000000145. The van der Waals surface area contributed by atoms with Gasteiger partial charge >= 0.3 is 18.9 Å². The molecule has 0 N–H and O–H groups in total. The summed E-state index contributed by atoms with van der Waals surface area (Å²) in [7, 11) is 0. The Bertz CT molecular complexity index is 84.4. The van der Waals surface area contributed by atoms with Crippen molar-refractivity contribution in [3.05, 3.63) is 31.7 Å². The summed E-state index contributed by atoms with van der Waals surface area (Å²) in [4.78, 5) is 0. The smallest absolute Gasteiger partial charge is 0.332 e. The van der Waals surface area contributed by atoms with E-state index in [2.05, 4.69) is 33.4 Å². The molecule has 0 unspecified atom stereocenters. The molecule has 0 radical (unpaired) electrons. The summed E-state index contributed by atoms with van der Waals surface area (Å²) in [6, 6.07) is 0. The monoisotopic (exact) mass is 202 g/mol. The SMILES string of the molecule is C1CCCCC1.C=CC=C.C[CH-]CC.[Li+]. The van der Waals surface area contributed by atoms with Gasteiger partial charge in [-0.3, -0.25) is 0 Å². The van der Waals surface area contributed by atoms with Crippen molar-refractivity contribution in [3.63, 3.8) is 0 Å². The Morgan fingerprint density at radius 2 is 1.13 bits per heavy atom. The minimum absolute atomic E-state index is 0. The molecule has 1 aliphatic carbocycles. The summed E-state index contributed by atoms with van der Waals surface area (Å²) >= 11 is 0. The Kier molecular flexibility index (Phi) is 32.4. The van der Waals surface area contributed by atoms with Crippen LogP contribution in [0.3, 0.4) is 0 Å². The van der Waals surface area contributed by atoms with E-state index in [1.165, 1.54) is 44.9 Å². The van der Waals surface area contributed by atoms with Crippen molar-refractivity contribution in [3.8, 4) is 0 Å². The van der Waals surface area contributed by atoms with Crippen molar-refractivity contribution >= 4 is 0 Å². The summed E-state index contributed by atoms with van der Waals surface area (Å²) in [5.74, 6) is 0. The van der Waals surface area contributed by atoms with E-state index in [1.54, 1.807) is 12.2 Å². The fraction of sp³-hybridized carbons (Fsp3) is 0.643. The number of unbranched alkanes of at least 4 members (excludes halogenated alkanes) is 1. The maximum Gasteiger partial charge on any atom is 1.00 e. The third-order valence-electron chi connectivity index (χ3n) is 2.07. The fourth-order valence-electron chi connectivity index (χ4n) is 1.06. The van der Waals surface area contributed by atoms with Gasteiger partial charge in [0.25, 0.3) is 0 Å². The van der Waals surface area contributed by atoms with Crippen LogP contribution >= 0.6 is 0 Å². The van der Waals surface area contributed by atoms with Gasteiger partial charge in [-0.2, -0.15) is 13.3 Å². The van der Waals surface area contributed by atoms with Crippen LogP contribution in [0.25, 0.3) is 0 Å². The molecule has 0 amide bonds. The molecule has 0 nitrogen and oxygen atoms in total. The van der Waals surface area contributed by atoms with Crippen molar-refractivity contribution in [2.45, 2.75) is 58.8 Å². The largest absolute Gasteiger partial charge is 1.00 e. The van der Waals surface area contributed by atoms with Gasteiger partial charge in [0, 0.05) is 0 Å². The summed E-state index contributed by atoms with van der Waals surface area (Å²) in [5.41, 5.74) is 0. The fourth-order valence-corrected chi connectivity index (χ4v) is 1.06. The second-order valence-corrected chi connectivity index (χ2v) is 3.41. The average Bonchev–Trinajstić information content (AvgIpc) is 2.32. The molecule has 0 saturated heterocycles. The average molecular weight is 202 g/mol. The second kappa shape index (κ2) is 23.7. The van der Waals surface area contributed by atoms with Crippen LogP contribution in [0.4, 0.5) is 0 Å². The molecule has 15 heavy (non-hydrogen) atoms. The number of rotatable bonds is 2. The van der Waals surface area contributed by atoms with E-state index in [0.29, 0.717) is 0 Å². The number of hydrogen-bond donors (Lipinski definition) is 0. The predicted octanol–water partition coefficient (Wildman–Crippen LogP) is 2.32. The summed E-state index contributed by atoms with van der Waals surface area (Å²) in [5, 5.41) is 0. The molecule has 0 aromatic rings. The first-order valence-corrected chi connectivity index (χ1v) is 5.84. The van der Waals surface area contributed by atoms with Gasteiger partial charge in [0.2, 0.25) is 0 Å². The molecular formula is C14H27Li. The van der Waals surface area contributed by atoms with Crippen LogP contribution < -0.4 is 18.9 Å². The van der Waals surface area contributed by atoms with Crippen molar-refractivity contribution in [1.82, 2.24) is 0 Å². The first kappa shape index (κ1) is 20.5. The molecule has 0 heterocycles. The van der Waals surface area contributed by atoms with E-state index in [4.69, 9.17) is 0 Å². The third kappa shape index (κ3) is 31.5. The first-order chi connectivity index (χ1) is 6.83. The normalized spacial score (nSPS) is 12.9. The molecule has 0 atom stereocenters. The number of allylic oxidation sites excluding steroid dienone is 2. The minimum Gasteiger partial charge on any atom is -0.332 e. The molecule has 0 spiro atoms. The van der Waals surface area contributed by atoms with Crippen LogP contribution in [0.2, 0.25) is 0 Å². The van der Waals surface area contributed by atoms with Crippen molar-refractivity contribution in [1.29, 1.82) is 0 Å². The molecule has 0 aliphatic heterocycles. The van der Waals surface area contributed by atoms with Gasteiger partial charge in [0.05, 0.1) is 0 Å². The van der Waals surface area contributed by atoms with Crippen LogP contribution in [0.1, 0.15) is 58.8 Å². The molecular weight excluding hydrogens is 175 g/mol. The summed E-state index contributed by atoms with van der Waals surface area (Å²) in [6.45, 7) is 10.9. The van der Waals surface area contributed by atoms with Gasteiger partial charge in [-0.25, -0.2) is 0 Å². The molecule has 1 aliphatic rings. The van der Waals surface area contributed by atoms with Gasteiger partial charge in [-0.1, -0.05) is 70.8 Å². The minimum atomic E-state index is 0. The van der Waals surface area contributed by atoms with Crippen LogP contribution in [-0.2, 0) is 0 Å². The maximum absolute atomic E-state index is 3.36. The quantitative estimate of drug-likeness (QED) is 0.366. The number of hydrogen-bond acceptors (Lipinski definition) is 0. The van der Waals surface area contributed by atoms with E-state index >= 15 is 0 Å². The van der Waals surface area contributed by atoms with E-state index < -0.39 is 0 Å². The van der Waals surface area contributed by atoms with E-state index in [-0.39, 0.29) is 18.9 Å². The van der Waals surface area contributed by atoms with Gasteiger partial charge in [0.1, 0.15) is 0 Å². The third-order valence-corrected chi connectivity index (χ3v) is 2.07. The Morgan fingerprint density at radius 1 is 0.933 bits per heavy atom. The standard InChI is InChI=1S/C6H12.C4H9.C4H6.Li/c1-2-4-6-5-3-1;2*1-3-4-2;/h1-6H2;3H,4H2,1-2H3;3-4H,1-2H2;/q;-1;;+1. The molecule has 0 bridgehead atoms. The van der Waals surface area contributed by atoms with Crippen LogP contribution in [0.5, 0.6) is 0 Å². The first-order valence-electron chi connectivity index (χ1n) is 5.84. The molecule has 1 fully saturated rings. The molecule has 1 heteroatoms. The van der Waals surface area contributed by atoms with Gasteiger partial charge < -0.3 is 6.42 Å².